The third-order valence-electron chi connectivity index (χ3n) is 2.78. The van der Waals surface area contributed by atoms with Crippen molar-refractivity contribution < 1.29 is 22.5 Å². The molecule has 4 N–H and O–H groups in total. The van der Waals surface area contributed by atoms with Gasteiger partial charge >= 0.3 is 11.8 Å². The van der Waals surface area contributed by atoms with E-state index in [1.807, 2.05) is 0 Å². The molecule has 0 saturated carbocycles. The van der Waals surface area contributed by atoms with Gasteiger partial charge in [-0.1, -0.05) is 17.3 Å². The van der Waals surface area contributed by atoms with Crippen molar-refractivity contribution in [2.24, 2.45) is 5.14 Å². The van der Waals surface area contributed by atoms with E-state index < -0.39 is 21.8 Å². The number of carbonyl (C=O) groups excluding carboxylic acids is 2. The number of primary sulfonamides is 1. The van der Waals surface area contributed by atoms with Crippen molar-refractivity contribution in [1.29, 1.82) is 0 Å². The van der Waals surface area contributed by atoms with Gasteiger partial charge in [-0.25, -0.2) is 13.6 Å². The first-order valence-electron chi connectivity index (χ1n) is 6.40. The van der Waals surface area contributed by atoms with E-state index in [1.165, 1.54) is 30.3 Å². The molecule has 0 bridgehead atoms. The van der Waals surface area contributed by atoms with E-state index in [4.69, 9.17) is 9.66 Å². The molecule has 23 heavy (non-hydrogen) atoms. The molecule has 1 heterocycles. The summed E-state index contributed by atoms with van der Waals surface area (Å²) in [5.74, 6) is -1.11. The summed E-state index contributed by atoms with van der Waals surface area (Å²) in [4.78, 5) is 23.2. The van der Waals surface area contributed by atoms with Crippen LogP contribution < -0.4 is 15.8 Å². The van der Waals surface area contributed by atoms with Crippen LogP contribution in [0.1, 0.15) is 11.3 Å². The van der Waals surface area contributed by atoms with Crippen LogP contribution in [0.4, 0.5) is 5.82 Å². The lowest BCUT2D eigenvalue weighted by Crippen LogP contribution is -2.35. The number of benzene rings is 1. The third-order valence-corrected chi connectivity index (χ3v) is 3.71. The zero-order chi connectivity index (χ0) is 17.0. The molecule has 0 spiro atoms. The van der Waals surface area contributed by atoms with Crippen molar-refractivity contribution in [1.82, 2.24) is 10.5 Å². The van der Waals surface area contributed by atoms with E-state index in [-0.39, 0.29) is 17.3 Å². The number of aryl methyl sites for hydroxylation is 1. The molecule has 0 fully saturated rings. The maximum Gasteiger partial charge on any atom is 0.314 e. The van der Waals surface area contributed by atoms with Gasteiger partial charge in [-0.3, -0.25) is 14.9 Å². The Balaban J connectivity index is 1.90. The molecule has 0 saturated heterocycles. The summed E-state index contributed by atoms with van der Waals surface area (Å²) in [5.41, 5.74) is 0.607. The number of carbonyl (C=O) groups is 2. The van der Waals surface area contributed by atoms with Gasteiger partial charge in [0.15, 0.2) is 5.82 Å². The number of sulfonamides is 1. The highest BCUT2D eigenvalue weighted by Gasteiger charge is 2.15. The summed E-state index contributed by atoms with van der Waals surface area (Å²) in [6.45, 7) is 1.70. The molecule has 0 atom stereocenters. The predicted octanol–water partition coefficient (Wildman–Crippen LogP) is -0.115. The van der Waals surface area contributed by atoms with Crippen molar-refractivity contribution in [3.63, 3.8) is 0 Å². The lowest BCUT2D eigenvalue weighted by atomic mass is 10.2. The summed E-state index contributed by atoms with van der Waals surface area (Å²) in [5, 5.41) is 13.2. The lowest BCUT2D eigenvalue weighted by molar-refractivity contribution is -0.136. The van der Waals surface area contributed by atoms with Crippen LogP contribution in [0.15, 0.2) is 39.8 Å². The predicted molar refractivity (Wildman–Crippen MR) is 79.5 cm³/mol. The van der Waals surface area contributed by atoms with E-state index in [9.17, 15) is 18.0 Å². The second kappa shape index (κ2) is 6.58. The number of hydrogen-bond donors (Lipinski definition) is 3. The first kappa shape index (κ1) is 16.6. The van der Waals surface area contributed by atoms with Crippen molar-refractivity contribution in [3.05, 3.63) is 41.7 Å². The quantitative estimate of drug-likeness (QED) is 0.663. The average Bonchev–Trinajstić information content (AvgIpc) is 2.89. The van der Waals surface area contributed by atoms with E-state index in [0.29, 0.717) is 11.3 Å². The lowest BCUT2D eigenvalue weighted by Gasteiger charge is -2.05. The zero-order valence-corrected chi connectivity index (χ0v) is 12.9. The fraction of sp³-hybridized carbons (Fsp3) is 0.154. The summed E-state index contributed by atoms with van der Waals surface area (Å²) in [7, 11) is -3.76. The highest BCUT2D eigenvalue weighted by Crippen LogP contribution is 2.09. The maximum atomic E-state index is 11.7. The zero-order valence-electron chi connectivity index (χ0n) is 12.1. The van der Waals surface area contributed by atoms with Gasteiger partial charge < -0.3 is 9.84 Å². The second-order valence-corrected chi connectivity index (χ2v) is 6.21. The Bertz CT molecular complexity index is 826. The summed E-state index contributed by atoms with van der Waals surface area (Å²) < 4.78 is 27.0. The van der Waals surface area contributed by atoms with Crippen molar-refractivity contribution in [2.75, 3.05) is 5.32 Å². The number of anilines is 1. The molecule has 0 unspecified atom stereocenters. The van der Waals surface area contributed by atoms with Crippen molar-refractivity contribution in [2.45, 2.75) is 18.4 Å². The van der Waals surface area contributed by atoms with Gasteiger partial charge in [-0.2, -0.15) is 0 Å². The molecule has 0 aliphatic rings. The molecule has 1 aromatic heterocycles. The van der Waals surface area contributed by atoms with E-state index >= 15 is 0 Å². The fourth-order valence-corrected chi connectivity index (χ4v) is 2.17. The molecule has 10 heteroatoms. The Morgan fingerprint density at radius 3 is 2.39 bits per heavy atom. The molecule has 0 aliphatic heterocycles. The van der Waals surface area contributed by atoms with Crippen molar-refractivity contribution in [3.8, 4) is 0 Å². The number of nitrogens with two attached hydrogens (primary N) is 1. The van der Waals surface area contributed by atoms with Crippen LogP contribution >= 0.6 is 0 Å². The van der Waals surface area contributed by atoms with E-state index in [1.54, 1.807) is 6.92 Å². The molecular weight excluding hydrogens is 324 g/mol. The minimum atomic E-state index is -3.76. The van der Waals surface area contributed by atoms with Gasteiger partial charge in [0.1, 0.15) is 5.76 Å². The van der Waals surface area contributed by atoms with Crippen LogP contribution in [0.2, 0.25) is 0 Å². The fourth-order valence-electron chi connectivity index (χ4n) is 1.66. The highest BCUT2D eigenvalue weighted by molar-refractivity contribution is 7.89. The minimum absolute atomic E-state index is 0.0354. The maximum absolute atomic E-state index is 11.7. The first-order valence-corrected chi connectivity index (χ1v) is 7.94. The van der Waals surface area contributed by atoms with E-state index in [2.05, 4.69) is 15.8 Å². The minimum Gasteiger partial charge on any atom is -0.360 e. The molecule has 2 aromatic rings. The first-order chi connectivity index (χ1) is 10.8. The smallest absolute Gasteiger partial charge is 0.314 e. The number of hydrogen-bond acceptors (Lipinski definition) is 6. The normalized spacial score (nSPS) is 11.0. The summed E-state index contributed by atoms with van der Waals surface area (Å²) in [6, 6.07) is 7.07. The summed E-state index contributed by atoms with van der Waals surface area (Å²) >= 11 is 0. The molecule has 9 nitrogen and oxygen atoms in total. The molecule has 0 radical (unpaired) electrons. The molecule has 2 amide bonds. The number of rotatable bonds is 4. The largest absolute Gasteiger partial charge is 0.360 e. The second-order valence-electron chi connectivity index (χ2n) is 4.65. The molecule has 0 aliphatic carbocycles. The Hall–Kier alpha value is -2.72. The average molecular weight is 338 g/mol. The molecule has 2 rings (SSSR count). The van der Waals surface area contributed by atoms with Gasteiger partial charge in [0.25, 0.3) is 0 Å². The molecule has 122 valence electrons. The Morgan fingerprint density at radius 1 is 1.22 bits per heavy atom. The summed E-state index contributed by atoms with van der Waals surface area (Å²) in [6.07, 6.45) is 0. The van der Waals surface area contributed by atoms with Crippen molar-refractivity contribution >= 4 is 27.7 Å². The van der Waals surface area contributed by atoms with Gasteiger partial charge in [-0.15, -0.1) is 0 Å². The van der Waals surface area contributed by atoms with Gasteiger partial charge in [0.2, 0.25) is 10.0 Å². The monoisotopic (exact) mass is 338 g/mol. The van der Waals surface area contributed by atoms with E-state index in [0.717, 1.165) is 0 Å². The number of amides is 2. The van der Waals surface area contributed by atoms with Crippen LogP contribution in [-0.4, -0.2) is 25.4 Å². The number of nitrogens with zero attached hydrogens (tertiary/aromatic N) is 1. The van der Waals surface area contributed by atoms with Crippen LogP contribution in [0.25, 0.3) is 0 Å². The standard InChI is InChI=1S/C13H14N4O5S/c1-8-6-11(17-22-8)16-13(19)12(18)15-7-9-2-4-10(5-3-9)23(14,20)21/h2-6H,7H2,1H3,(H,15,18)(H2,14,20,21)(H,16,17,19). The SMILES string of the molecule is Cc1cc(NC(=O)C(=O)NCc2ccc(S(N)(=O)=O)cc2)no1. The number of aromatic nitrogens is 1. The van der Waals surface area contributed by atoms with Gasteiger partial charge in [-0.05, 0) is 24.6 Å². The Morgan fingerprint density at radius 2 is 1.87 bits per heavy atom. The van der Waals surface area contributed by atoms with Crippen LogP contribution in [0.3, 0.4) is 0 Å². The Kier molecular flexibility index (Phi) is 4.77. The highest BCUT2D eigenvalue weighted by atomic mass is 32.2. The topological polar surface area (TPSA) is 144 Å². The van der Waals surface area contributed by atoms with Gasteiger partial charge in [0, 0.05) is 12.6 Å². The molecule has 1 aromatic carbocycles. The van der Waals surface area contributed by atoms with Crippen LogP contribution in [-0.2, 0) is 26.2 Å². The third kappa shape index (κ3) is 4.63. The molecular formula is C13H14N4O5S. The van der Waals surface area contributed by atoms with Crippen LogP contribution in [0, 0.1) is 6.92 Å². The van der Waals surface area contributed by atoms with Gasteiger partial charge in [0.05, 0.1) is 4.90 Å². The Labute approximate surface area is 131 Å². The van der Waals surface area contributed by atoms with Crippen LogP contribution in [0.5, 0.6) is 0 Å². The number of nitrogens with one attached hydrogen (secondary N) is 2.